The molecule has 1 saturated carbocycles. The van der Waals surface area contributed by atoms with E-state index in [2.05, 4.69) is 30.3 Å². The minimum absolute atomic E-state index is 0.414. The number of rotatable bonds is 0. The van der Waals surface area contributed by atoms with Gasteiger partial charge in [-0.15, -0.1) is 0 Å². The topological polar surface area (TPSA) is 17.1 Å². The normalized spacial score (nSPS) is 24.1. The number of allylic oxidation sites excluding steroid dienone is 1. The molecule has 1 atom stereocenters. The lowest BCUT2D eigenvalue weighted by molar-refractivity contribution is -0.119. The second kappa shape index (κ2) is 3.34. The fourth-order valence-corrected chi connectivity index (χ4v) is 2.71. The number of benzene rings is 1. The lowest BCUT2D eigenvalue weighted by Crippen LogP contribution is -2.21. The molecule has 0 bridgehead atoms. The standard InChI is InChI=1S/C14H14O/c15-14-6-5-12-7-10-3-1-2-4-11(10)8-13(12)9-14/h1-4,8,12H,5-7,9H2. The van der Waals surface area contributed by atoms with Gasteiger partial charge in [-0.2, -0.15) is 0 Å². The molecule has 1 heteroatoms. The van der Waals surface area contributed by atoms with Gasteiger partial charge >= 0.3 is 0 Å². The predicted octanol–water partition coefficient (Wildman–Crippen LogP) is 3.00. The van der Waals surface area contributed by atoms with E-state index in [-0.39, 0.29) is 0 Å². The first-order valence-electron chi connectivity index (χ1n) is 5.63. The maximum absolute atomic E-state index is 11.4. The van der Waals surface area contributed by atoms with Crippen LogP contribution in [0.2, 0.25) is 0 Å². The number of fused-ring (bicyclic) bond motifs is 2. The zero-order valence-corrected chi connectivity index (χ0v) is 8.70. The van der Waals surface area contributed by atoms with E-state index in [1.54, 1.807) is 0 Å². The lowest BCUT2D eigenvalue weighted by Gasteiger charge is -2.29. The Morgan fingerprint density at radius 1 is 1.20 bits per heavy atom. The molecule has 1 fully saturated rings. The molecule has 0 heterocycles. The Hall–Kier alpha value is -1.37. The van der Waals surface area contributed by atoms with E-state index in [1.807, 2.05) is 0 Å². The van der Waals surface area contributed by atoms with Gasteiger partial charge in [-0.1, -0.05) is 35.9 Å². The second-order valence-corrected chi connectivity index (χ2v) is 4.57. The predicted molar refractivity (Wildman–Crippen MR) is 60.5 cm³/mol. The minimum Gasteiger partial charge on any atom is -0.299 e. The molecule has 1 aromatic carbocycles. The maximum atomic E-state index is 11.4. The SMILES string of the molecule is O=C1CCC2Cc3ccccc3C=C2C1. The fraction of sp³-hybridized carbons (Fsp3) is 0.357. The van der Waals surface area contributed by atoms with Crippen molar-refractivity contribution in [3.05, 3.63) is 41.0 Å². The summed E-state index contributed by atoms with van der Waals surface area (Å²) in [6, 6.07) is 8.53. The summed E-state index contributed by atoms with van der Waals surface area (Å²) in [5.74, 6) is 1.05. The van der Waals surface area contributed by atoms with Crippen molar-refractivity contribution < 1.29 is 4.79 Å². The molecule has 0 amide bonds. The van der Waals surface area contributed by atoms with E-state index in [1.165, 1.54) is 16.7 Å². The van der Waals surface area contributed by atoms with Crippen LogP contribution in [0.3, 0.4) is 0 Å². The summed E-state index contributed by atoms with van der Waals surface area (Å²) in [5, 5.41) is 0. The van der Waals surface area contributed by atoms with Crippen molar-refractivity contribution in [2.45, 2.75) is 25.7 Å². The van der Waals surface area contributed by atoms with Crippen molar-refractivity contribution in [2.75, 3.05) is 0 Å². The van der Waals surface area contributed by atoms with Crippen molar-refractivity contribution in [3.63, 3.8) is 0 Å². The molecule has 76 valence electrons. The number of carbonyl (C=O) groups is 1. The molecule has 15 heavy (non-hydrogen) atoms. The monoisotopic (exact) mass is 198 g/mol. The molecular formula is C14H14O. The van der Waals surface area contributed by atoms with Crippen molar-refractivity contribution in [3.8, 4) is 0 Å². The Kier molecular flexibility index (Phi) is 1.98. The van der Waals surface area contributed by atoms with E-state index in [9.17, 15) is 4.79 Å². The van der Waals surface area contributed by atoms with Crippen LogP contribution in [-0.2, 0) is 11.2 Å². The largest absolute Gasteiger partial charge is 0.299 e. The first-order valence-corrected chi connectivity index (χ1v) is 5.63. The molecule has 0 radical (unpaired) electrons. The summed E-state index contributed by atoms with van der Waals surface area (Å²) in [7, 11) is 0. The van der Waals surface area contributed by atoms with Crippen LogP contribution in [0.15, 0.2) is 29.8 Å². The molecule has 2 aliphatic rings. The lowest BCUT2D eigenvalue weighted by atomic mass is 9.75. The van der Waals surface area contributed by atoms with E-state index in [4.69, 9.17) is 0 Å². The molecule has 1 unspecified atom stereocenters. The van der Waals surface area contributed by atoms with Crippen LogP contribution in [-0.4, -0.2) is 5.78 Å². The average molecular weight is 198 g/mol. The summed E-state index contributed by atoms with van der Waals surface area (Å²) < 4.78 is 0. The van der Waals surface area contributed by atoms with Gasteiger partial charge in [-0.3, -0.25) is 4.79 Å². The average Bonchev–Trinajstić information content (AvgIpc) is 2.26. The zero-order valence-electron chi connectivity index (χ0n) is 8.70. The van der Waals surface area contributed by atoms with Crippen LogP contribution >= 0.6 is 0 Å². The molecule has 1 nitrogen and oxygen atoms in total. The number of carbonyl (C=O) groups excluding carboxylic acids is 1. The maximum Gasteiger partial charge on any atom is 0.136 e. The molecule has 0 aromatic heterocycles. The number of hydrogen-bond acceptors (Lipinski definition) is 1. The molecule has 2 aliphatic carbocycles. The quantitative estimate of drug-likeness (QED) is 0.626. The van der Waals surface area contributed by atoms with Gasteiger partial charge < -0.3 is 0 Å². The van der Waals surface area contributed by atoms with Gasteiger partial charge in [0.15, 0.2) is 0 Å². The van der Waals surface area contributed by atoms with Gasteiger partial charge in [0.1, 0.15) is 5.78 Å². The van der Waals surface area contributed by atoms with Gasteiger partial charge in [0.25, 0.3) is 0 Å². The Labute approximate surface area is 89.8 Å². The van der Waals surface area contributed by atoms with Gasteiger partial charge in [-0.25, -0.2) is 0 Å². The number of Topliss-reactive ketones (excluding diaryl/α,β-unsaturated/α-hetero) is 1. The fourth-order valence-electron chi connectivity index (χ4n) is 2.71. The van der Waals surface area contributed by atoms with Crippen molar-refractivity contribution in [2.24, 2.45) is 5.92 Å². The Bertz CT molecular complexity index is 442. The van der Waals surface area contributed by atoms with Gasteiger partial charge in [0.2, 0.25) is 0 Å². The van der Waals surface area contributed by atoms with Gasteiger partial charge in [0, 0.05) is 12.8 Å². The summed E-state index contributed by atoms with van der Waals surface area (Å²) in [5.41, 5.74) is 4.13. The van der Waals surface area contributed by atoms with Crippen molar-refractivity contribution in [1.82, 2.24) is 0 Å². The van der Waals surface area contributed by atoms with Crippen molar-refractivity contribution in [1.29, 1.82) is 0 Å². The highest BCUT2D eigenvalue weighted by Gasteiger charge is 2.27. The van der Waals surface area contributed by atoms with E-state index < -0.39 is 0 Å². The van der Waals surface area contributed by atoms with E-state index in [0.29, 0.717) is 18.1 Å². The third-order valence-electron chi connectivity index (χ3n) is 3.56. The number of hydrogen-bond donors (Lipinski definition) is 0. The smallest absolute Gasteiger partial charge is 0.136 e. The molecule has 1 aromatic rings. The molecule has 0 N–H and O–H groups in total. The molecule has 0 saturated heterocycles. The highest BCUT2D eigenvalue weighted by molar-refractivity contribution is 5.84. The molecular weight excluding hydrogens is 184 g/mol. The van der Waals surface area contributed by atoms with Gasteiger partial charge in [0.05, 0.1) is 0 Å². The van der Waals surface area contributed by atoms with Crippen LogP contribution in [0.5, 0.6) is 0 Å². The van der Waals surface area contributed by atoms with E-state index in [0.717, 1.165) is 19.3 Å². The van der Waals surface area contributed by atoms with Crippen LogP contribution in [0, 0.1) is 5.92 Å². The first kappa shape index (κ1) is 8.90. The van der Waals surface area contributed by atoms with Crippen LogP contribution in [0.1, 0.15) is 30.4 Å². The Morgan fingerprint density at radius 2 is 2.07 bits per heavy atom. The molecule has 3 rings (SSSR count). The number of ketones is 1. The van der Waals surface area contributed by atoms with Crippen LogP contribution in [0.4, 0.5) is 0 Å². The van der Waals surface area contributed by atoms with Crippen molar-refractivity contribution >= 4 is 11.9 Å². The van der Waals surface area contributed by atoms with Crippen LogP contribution < -0.4 is 0 Å². The summed E-state index contributed by atoms with van der Waals surface area (Å²) in [6.45, 7) is 0. The molecule has 0 aliphatic heterocycles. The minimum atomic E-state index is 0.414. The van der Waals surface area contributed by atoms with Crippen LogP contribution in [0.25, 0.3) is 6.08 Å². The Morgan fingerprint density at radius 3 is 3.00 bits per heavy atom. The zero-order chi connectivity index (χ0) is 10.3. The third-order valence-corrected chi connectivity index (χ3v) is 3.56. The van der Waals surface area contributed by atoms with Gasteiger partial charge in [-0.05, 0) is 29.9 Å². The Balaban J connectivity index is 2.02. The summed E-state index contributed by atoms with van der Waals surface area (Å²) in [4.78, 5) is 11.4. The highest BCUT2D eigenvalue weighted by Crippen LogP contribution is 2.36. The first-order chi connectivity index (χ1) is 7.33. The van der Waals surface area contributed by atoms with E-state index >= 15 is 0 Å². The second-order valence-electron chi connectivity index (χ2n) is 4.57. The summed E-state index contributed by atoms with van der Waals surface area (Å²) in [6.07, 6.45) is 5.90. The summed E-state index contributed by atoms with van der Waals surface area (Å²) >= 11 is 0. The highest BCUT2D eigenvalue weighted by atomic mass is 16.1. The molecule has 0 spiro atoms. The third kappa shape index (κ3) is 1.52.